The van der Waals surface area contributed by atoms with Gasteiger partial charge in [-0.05, 0) is 43.7 Å². The Balaban J connectivity index is 1.78. The second-order valence-electron chi connectivity index (χ2n) is 5.74. The van der Waals surface area contributed by atoms with Crippen molar-refractivity contribution in [3.05, 3.63) is 29.8 Å². The minimum absolute atomic E-state index is 0.188. The molecule has 2 heterocycles. The van der Waals surface area contributed by atoms with Crippen LogP contribution in [0.2, 0.25) is 0 Å². The molecule has 2 atom stereocenters. The molecule has 0 aromatic heterocycles. The third kappa shape index (κ3) is 2.93. The first-order chi connectivity index (χ1) is 9.34. The van der Waals surface area contributed by atoms with Gasteiger partial charge in [0.25, 0.3) is 0 Å². The molecule has 3 nitrogen and oxygen atoms in total. The summed E-state index contributed by atoms with van der Waals surface area (Å²) in [5, 5.41) is 0. The zero-order valence-corrected chi connectivity index (χ0v) is 11.6. The molecule has 0 amide bonds. The highest BCUT2D eigenvalue weighted by Crippen LogP contribution is 2.32. The highest BCUT2D eigenvalue weighted by molar-refractivity contribution is 5.55. The Morgan fingerprint density at radius 1 is 1.16 bits per heavy atom. The molecule has 2 aliphatic rings. The van der Waals surface area contributed by atoms with Crippen LogP contribution in [0, 0.1) is 0 Å². The molecule has 3 heteroatoms. The van der Waals surface area contributed by atoms with Gasteiger partial charge in [0.2, 0.25) is 0 Å². The van der Waals surface area contributed by atoms with E-state index in [0.717, 1.165) is 26.1 Å². The molecule has 2 N–H and O–H groups in total. The third-order valence-corrected chi connectivity index (χ3v) is 4.32. The van der Waals surface area contributed by atoms with Gasteiger partial charge in [-0.1, -0.05) is 18.2 Å². The Kier molecular flexibility index (Phi) is 4.04. The molecule has 0 bridgehead atoms. The van der Waals surface area contributed by atoms with Crippen molar-refractivity contribution in [2.45, 2.75) is 44.2 Å². The number of hydrogen-bond acceptors (Lipinski definition) is 3. The van der Waals surface area contributed by atoms with E-state index < -0.39 is 0 Å². The highest BCUT2D eigenvalue weighted by Gasteiger charge is 2.23. The summed E-state index contributed by atoms with van der Waals surface area (Å²) in [6.07, 6.45) is 6.38. The second-order valence-corrected chi connectivity index (χ2v) is 5.74. The first kappa shape index (κ1) is 12.9. The van der Waals surface area contributed by atoms with Crippen molar-refractivity contribution in [2.24, 2.45) is 5.73 Å². The fourth-order valence-corrected chi connectivity index (χ4v) is 3.25. The van der Waals surface area contributed by atoms with Crippen molar-refractivity contribution in [1.29, 1.82) is 0 Å². The number of fused-ring (bicyclic) bond motifs is 1. The van der Waals surface area contributed by atoms with Crippen molar-refractivity contribution < 1.29 is 4.74 Å². The molecule has 1 aromatic carbocycles. The minimum atomic E-state index is 0.188. The molecule has 1 saturated heterocycles. The van der Waals surface area contributed by atoms with Crippen LogP contribution in [-0.4, -0.2) is 25.8 Å². The largest absolute Gasteiger partial charge is 0.376 e. The van der Waals surface area contributed by atoms with E-state index in [1.54, 1.807) is 0 Å². The summed E-state index contributed by atoms with van der Waals surface area (Å²) in [4.78, 5) is 2.48. The number of nitrogens with zero attached hydrogens (tertiary/aromatic N) is 1. The molecule has 0 spiro atoms. The topological polar surface area (TPSA) is 38.5 Å². The van der Waals surface area contributed by atoms with Crippen LogP contribution in [0.5, 0.6) is 0 Å². The number of benzene rings is 1. The molecule has 0 aliphatic carbocycles. The van der Waals surface area contributed by atoms with E-state index in [-0.39, 0.29) is 6.04 Å². The van der Waals surface area contributed by atoms with Crippen LogP contribution >= 0.6 is 0 Å². The standard InChI is InChI=1S/C16H24N2O/c17-15-8-5-10-18(12-13-6-3-4-11-19-13)16-9-2-1-7-14(15)16/h1-2,7,9,13,15H,3-6,8,10-12,17H2. The molecule has 1 aromatic rings. The summed E-state index contributed by atoms with van der Waals surface area (Å²) in [7, 11) is 0. The quantitative estimate of drug-likeness (QED) is 0.888. The SMILES string of the molecule is NC1CCCN(CC2CCCCO2)c2ccccc21. The Morgan fingerprint density at radius 3 is 2.89 bits per heavy atom. The van der Waals surface area contributed by atoms with Crippen LogP contribution < -0.4 is 10.6 Å². The van der Waals surface area contributed by atoms with Crippen molar-refractivity contribution >= 4 is 5.69 Å². The lowest BCUT2D eigenvalue weighted by atomic mass is 10.0. The summed E-state index contributed by atoms with van der Waals surface area (Å²) in [5.74, 6) is 0. The average molecular weight is 260 g/mol. The van der Waals surface area contributed by atoms with Crippen LogP contribution in [0.4, 0.5) is 5.69 Å². The van der Waals surface area contributed by atoms with Crippen LogP contribution in [0.25, 0.3) is 0 Å². The smallest absolute Gasteiger partial charge is 0.0749 e. The van der Waals surface area contributed by atoms with E-state index >= 15 is 0 Å². The minimum Gasteiger partial charge on any atom is -0.376 e. The fraction of sp³-hybridized carbons (Fsp3) is 0.625. The van der Waals surface area contributed by atoms with E-state index in [2.05, 4.69) is 29.2 Å². The number of para-hydroxylation sites is 1. The lowest BCUT2D eigenvalue weighted by Gasteiger charge is -2.31. The Hall–Kier alpha value is -1.06. The van der Waals surface area contributed by atoms with Gasteiger partial charge >= 0.3 is 0 Å². The molecule has 2 unspecified atom stereocenters. The molecule has 2 aliphatic heterocycles. The van der Waals surface area contributed by atoms with Gasteiger partial charge < -0.3 is 15.4 Å². The lowest BCUT2D eigenvalue weighted by molar-refractivity contribution is 0.0210. The molecule has 1 fully saturated rings. The normalized spacial score (nSPS) is 27.7. The molecule has 3 rings (SSSR count). The highest BCUT2D eigenvalue weighted by atomic mass is 16.5. The fourth-order valence-electron chi connectivity index (χ4n) is 3.25. The number of ether oxygens (including phenoxy) is 1. The van der Waals surface area contributed by atoms with Crippen molar-refractivity contribution in [1.82, 2.24) is 0 Å². The Morgan fingerprint density at radius 2 is 2.05 bits per heavy atom. The zero-order chi connectivity index (χ0) is 13.1. The van der Waals surface area contributed by atoms with Gasteiger partial charge in [-0.15, -0.1) is 0 Å². The number of hydrogen-bond donors (Lipinski definition) is 1. The van der Waals surface area contributed by atoms with Crippen molar-refractivity contribution in [3.8, 4) is 0 Å². The maximum atomic E-state index is 6.28. The molecular formula is C16H24N2O. The van der Waals surface area contributed by atoms with Crippen LogP contribution in [0.15, 0.2) is 24.3 Å². The first-order valence-corrected chi connectivity index (χ1v) is 7.55. The van der Waals surface area contributed by atoms with Crippen LogP contribution in [0.3, 0.4) is 0 Å². The lowest BCUT2D eigenvalue weighted by Crippen LogP contribution is -2.36. The van der Waals surface area contributed by atoms with E-state index in [1.807, 2.05) is 0 Å². The predicted molar refractivity (Wildman–Crippen MR) is 78.4 cm³/mol. The second kappa shape index (κ2) is 5.93. The van der Waals surface area contributed by atoms with Gasteiger partial charge in [0.15, 0.2) is 0 Å². The van der Waals surface area contributed by atoms with Gasteiger partial charge in [0.05, 0.1) is 6.10 Å². The molecule has 0 saturated carbocycles. The van der Waals surface area contributed by atoms with Crippen LogP contribution in [0.1, 0.15) is 43.7 Å². The third-order valence-electron chi connectivity index (χ3n) is 4.32. The predicted octanol–water partition coefficient (Wildman–Crippen LogP) is 2.86. The first-order valence-electron chi connectivity index (χ1n) is 7.55. The van der Waals surface area contributed by atoms with Gasteiger partial charge in [0, 0.05) is 31.4 Å². The molecule has 19 heavy (non-hydrogen) atoms. The van der Waals surface area contributed by atoms with Gasteiger partial charge in [-0.25, -0.2) is 0 Å². The maximum Gasteiger partial charge on any atom is 0.0749 e. The van der Waals surface area contributed by atoms with Crippen molar-refractivity contribution in [3.63, 3.8) is 0 Å². The van der Waals surface area contributed by atoms with Gasteiger partial charge in [-0.2, -0.15) is 0 Å². The maximum absolute atomic E-state index is 6.28. The summed E-state index contributed by atoms with van der Waals surface area (Å²) in [6, 6.07) is 8.79. The molecule has 104 valence electrons. The summed E-state index contributed by atoms with van der Waals surface area (Å²) in [5.41, 5.74) is 8.91. The number of nitrogens with two attached hydrogens (primary N) is 1. The zero-order valence-electron chi connectivity index (χ0n) is 11.6. The monoisotopic (exact) mass is 260 g/mol. The molecule has 0 radical (unpaired) electrons. The Bertz CT molecular complexity index is 415. The van der Waals surface area contributed by atoms with Crippen LogP contribution in [-0.2, 0) is 4.74 Å². The van der Waals surface area contributed by atoms with E-state index in [0.29, 0.717) is 6.10 Å². The average Bonchev–Trinajstić information content (AvgIpc) is 2.61. The number of anilines is 1. The molecular weight excluding hydrogens is 236 g/mol. The summed E-state index contributed by atoms with van der Waals surface area (Å²) in [6.45, 7) is 3.05. The van der Waals surface area contributed by atoms with E-state index in [4.69, 9.17) is 10.5 Å². The van der Waals surface area contributed by atoms with E-state index in [9.17, 15) is 0 Å². The number of rotatable bonds is 2. The Labute approximate surface area is 115 Å². The summed E-state index contributed by atoms with van der Waals surface area (Å²) < 4.78 is 5.89. The summed E-state index contributed by atoms with van der Waals surface area (Å²) >= 11 is 0. The van der Waals surface area contributed by atoms with Gasteiger partial charge in [-0.3, -0.25) is 0 Å². The van der Waals surface area contributed by atoms with Gasteiger partial charge in [0.1, 0.15) is 0 Å². The van der Waals surface area contributed by atoms with Crippen molar-refractivity contribution in [2.75, 3.05) is 24.6 Å². The van der Waals surface area contributed by atoms with E-state index in [1.165, 1.54) is 36.9 Å².